The second-order valence-electron chi connectivity index (χ2n) is 7.81. The summed E-state index contributed by atoms with van der Waals surface area (Å²) in [5.41, 5.74) is 2.18. The summed E-state index contributed by atoms with van der Waals surface area (Å²) in [4.78, 5) is 10.0. The van der Waals surface area contributed by atoms with Gasteiger partial charge in [-0.25, -0.2) is 4.98 Å². The average molecular weight is 396 g/mol. The standard InChI is InChI=1S/C23H29N3OS/c1-4-25-10-12-26(13-11-25)23-20-9-14-28-22(20)15-21(24-23)18-5-7-19(8-6-18)27-16-17(2)3/h5-9,14-15,17H,4,10-13,16H2,1-3H3. The van der Waals surface area contributed by atoms with Gasteiger partial charge in [-0.3, -0.25) is 0 Å². The van der Waals surface area contributed by atoms with Crippen molar-refractivity contribution in [2.24, 2.45) is 5.92 Å². The van der Waals surface area contributed by atoms with Crippen LogP contribution in [-0.4, -0.2) is 49.2 Å². The Kier molecular flexibility index (Phi) is 5.83. The molecule has 5 heteroatoms. The highest BCUT2D eigenvalue weighted by molar-refractivity contribution is 7.17. The van der Waals surface area contributed by atoms with Crippen LogP contribution in [0.4, 0.5) is 5.82 Å². The molecule has 1 aromatic carbocycles. The van der Waals surface area contributed by atoms with Crippen molar-refractivity contribution in [2.45, 2.75) is 20.8 Å². The normalized spacial score (nSPS) is 15.5. The third kappa shape index (κ3) is 4.15. The number of aromatic nitrogens is 1. The molecule has 2 aromatic heterocycles. The molecule has 0 unspecified atom stereocenters. The third-order valence-electron chi connectivity index (χ3n) is 5.28. The zero-order valence-corrected chi connectivity index (χ0v) is 17.8. The van der Waals surface area contributed by atoms with E-state index in [1.807, 2.05) is 0 Å². The Morgan fingerprint density at radius 2 is 1.82 bits per heavy atom. The maximum absolute atomic E-state index is 5.82. The Balaban J connectivity index is 1.61. The van der Waals surface area contributed by atoms with Crippen molar-refractivity contribution in [3.05, 3.63) is 41.8 Å². The van der Waals surface area contributed by atoms with Crippen molar-refractivity contribution in [2.75, 3.05) is 44.2 Å². The lowest BCUT2D eigenvalue weighted by Crippen LogP contribution is -2.46. The molecule has 4 nitrogen and oxygen atoms in total. The SMILES string of the molecule is CCN1CCN(c2nc(-c3ccc(OCC(C)C)cc3)cc3sccc23)CC1. The largest absolute Gasteiger partial charge is 0.493 e. The summed E-state index contributed by atoms with van der Waals surface area (Å²) in [6.07, 6.45) is 0. The van der Waals surface area contributed by atoms with E-state index in [1.54, 1.807) is 11.3 Å². The molecule has 28 heavy (non-hydrogen) atoms. The fourth-order valence-corrected chi connectivity index (χ4v) is 4.41. The molecule has 0 atom stereocenters. The van der Waals surface area contributed by atoms with Crippen LogP contribution in [0.3, 0.4) is 0 Å². The lowest BCUT2D eigenvalue weighted by molar-refractivity contribution is 0.271. The minimum atomic E-state index is 0.526. The highest BCUT2D eigenvalue weighted by atomic mass is 32.1. The van der Waals surface area contributed by atoms with Gasteiger partial charge in [-0.05, 0) is 54.2 Å². The van der Waals surface area contributed by atoms with Gasteiger partial charge in [-0.1, -0.05) is 20.8 Å². The van der Waals surface area contributed by atoms with Crippen molar-refractivity contribution in [3.8, 4) is 17.0 Å². The lowest BCUT2D eigenvalue weighted by atomic mass is 10.1. The maximum atomic E-state index is 5.82. The number of hydrogen-bond acceptors (Lipinski definition) is 5. The molecule has 0 radical (unpaired) electrons. The topological polar surface area (TPSA) is 28.6 Å². The molecule has 1 aliphatic rings. The Morgan fingerprint density at radius 1 is 1.07 bits per heavy atom. The number of rotatable bonds is 6. The van der Waals surface area contributed by atoms with E-state index in [-0.39, 0.29) is 0 Å². The summed E-state index contributed by atoms with van der Waals surface area (Å²) in [5.74, 6) is 2.58. The van der Waals surface area contributed by atoms with E-state index < -0.39 is 0 Å². The summed E-state index contributed by atoms with van der Waals surface area (Å²) in [6.45, 7) is 12.7. The van der Waals surface area contributed by atoms with Gasteiger partial charge in [0.15, 0.2) is 0 Å². The van der Waals surface area contributed by atoms with Gasteiger partial charge >= 0.3 is 0 Å². The lowest BCUT2D eigenvalue weighted by Gasteiger charge is -2.35. The molecule has 0 aliphatic carbocycles. The van der Waals surface area contributed by atoms with E-state index in [1.165, 1.54) is 10.1 Å². The first-order chi connectivity index (χ1) is 13.6. The fraction of sp³-hybridized carbons (Fsp3) is 0.435. The number of thiophene rings is 1. The van der Waals surface area contributed by atoms with Gasteiger partial charge in [-0.2, -0.15) is 0 Å². The molecular formula is C23H29N3OS. The first-order valence-electron chi connectivity index (χ1n) is 10.2. The quantitative estimate of drug-likeness (QED) is 0.578. The molecule has 1 fully saturated rings. The molecular weight excluding hydrogens is 366 g/mol. The molecule has 3 aromatic rings. The van der Waals surface area contributed by atoms with Gasteiger partial charge in [0.05, 0.1) is 12.3 Å². The van der Waals surface area contributed by atoms with Gasteiger partial charge in [0.25, 0.3) is 0 Å². The first kappa shape index (κ1) is 19.2. The van der Waals surface area contributed by atoms with Gasteiger partial charge in [0.2, 0.25) is 0 Å². The minimum Gasteiger partial charge on any atom is -0.493 e. The molecule has 1 saturated heterocycles. The Labute approximate surface area is 171 Å². The second-order valence-corrected chi connectivity index (χ2v) is 8.76. The highest BCUT2D eigenvalue weighted by Gasteiger charge is 2.20. The van der Waals surface area contributed by atoms with Crippen LogP contribution in [0, 0.1) is 5.92 Å². The maximum Gasteiger partial charge on any atom is 0.138 e. The van der Waals surface area contributed by atoms with Crippen molar-refractivity contribution in [1.82, 2.24) is 9.88 Å². The summed E-state index contributed by atoms with van der Waals surface area (Å²) < 4.78 is 7.13. The number of hydrogen-bond donors (Lipinski definition) is 0. The fourth-order valence-electron chi connectivity index (χ4n) is 3.60. The average Bonchev–Trinajstić information content (AvgIpc) is 3.21. The molecule has 1 aliphatic heterocycles. The Bertz CT molecular complexity index is 911. The van der Waals surface area contributed by atoms with Crippen molar-refractivity contribution >= 4 is 27.2 Å². The number of nitrogens with zero attached hydrogens (tertiary/aromatic N) is 3. The Morgan fingerprint density at radius 3 is 2.50 bits per heavy atom. The Hall–Kier alpha value is -2.11. The van der Waals surface area contributed by atoms with Crippen LogP contribution in [-0.2, 0) is 0 Å². The van der Waals surface area contributed by atoms with Crippen molar-refractivity contribution in [3.63, 3.8) is 0 Å². The smallest absolute Gasteiger partial charge is 0.138 e. The monoisotopic (exact) mass is 395 g/mol. The van der Waals surface area contributed by atoms with E-state index in [4.69, 9.17) is 9.72 Å². The predicted octanol–water partition coefficient (Wildman–Crippen LogP) is 5.14. The van der Waals surface area contributed by atoms with Crippen LogP contribution in [0.15, 0.2) is 41.8 Å². The molecule has 0 bridgehead atoms. The van der Waals surface area contributed by atoms with Gasteiger partial charge in [0, 0.05) is 41.8 Å². The summed E-state index contributed by atoms with van der Waals surface area (Å²) in [6, 6.07) is 12.8. The van der Waals surface area contributed by atoms with E-state index in [0.29, 0.717) is 5.92 Å². The van der Waals surface area contributed by atoms with Crippen molar-refractivity contribution in [1.29, 1.82) is 0 Å². The molecule has 0 N–H and O–H groups in total. The van der Waals surface area contributed by atoms with Crippen LogP contribution in [0.5, 0.6) is 5.75 Å². The number of pyridine rings is 1. The number of piperazine rings is 1. The zero-order valence-electron chi connectivity index (χ0n) is 17.0. The van der Waals surface area contributed by atoms with Crippen LogP contribution < -0.4 is 9.64 Å². The number of fused-ring (bicyclic) bond motifs is 1. The van der Waals surface area contributed by atoms with E-state index in [0.717, 1.165) is 62.2 Å². The van der Waals surface area contributed by atoms with Gasteiger partial charge in [0.1, 0.15) is 11.6 Å². The van der Waals surface area contributed by atoms with E-state index in [2.05, 4.69) is 72.3 Å². The number of anilines is 1. The van der Waals surface area contributed by atoms with Gasteiger partial charge < -0.3 is 14.5 Å². The van der Waals surface area contributed by atoms with Crippen LogP contribution >= 0.6 is 11.3 Å². The van der Waals surface area contributed by atoms with Crippen molar-refractivity contribution < 1.29 is 4.74 Å². The highest BCUT2D eigenvalue weighted by Crippen LogP contribution is 2.34. The van der Waals surface area contributed by atoms with E-state index in [9.17, 15) is 0 Å². The van der Waals surface area contributed by atoms with Gasteiger partial charge in [-0.15, -0.1) is 11.3 Å². The minimum absolute atomic E-state index is 0.526. The molecule has 3 heterocycles. The number of likely N-dealkylation sites (N-methyl/N-ethyl adjacent to an activating group) is 1. The zero-order chi connectivity index (χ0) is 19.5. The number of benzene rings is 1. The summed E-state index contributed by atoms with van der Waals surface area (Å²) in [7, 11) is 0. The van der Waals surface area contributed by atoms with Crippen LogP contribution in [0.1, 0.15) is 20.8 Å². The summed E-state index contributed by atoms with van der Waals surface area (Å²) in [5, 5.41) is 3.45. The molecule has 4 rings (SSSR count). The second kappa shape index (κ2) is 8.50. The number of ether oxygens (including phenoxy) is 1. The third-order valence-corrected chi connectivity index (χ3v) is 6.15. The van der Waals surface area contributed by atoms with Crippen LogP contribution in [0.2, 0.25) is 0 Å². The van der Waals surface area contributed by atoms with E-state index >= 15 is 0 Å². The molecule has 0 saturated carbocycles. The van der Waals surface area contributed by atoms with Crippen LogP contribution in [0.25, 0.3) is 21.3 Å². The molecule has 0 spiro atoms. The first-order valence-corrected chi connectivity index (χ1v) is 11.1. The molecule has 0 amide bonds. The molecule has 148 valence electrons. The predicted molar refractivity (Wildman–Crippen MR) is 120 cm³/mol. The summed E-state index contributed by atoms with van der Waals surface area (Å²) >= 11 is 1.79.